The molecule has 2 aliphatic rings. The highest BCUT2D eigenvalue weighted by atomic mass is 32.2. The van der Waals surface area contributed by atoms with Crippen molar-refractivity contribution in [2.45, 2.75) is 30.3 Å². The third kappa shape index (κ3) is 5.27. The maximum Gasteiger partial charge on any atom is 0.119 e. The lowest BCUT2D eigenvalue weighted by atomic mass is 10.0. The van der Waals surface area contributed by atoms with Crippen LogP contribution in [-0.4, -0.2) is 68.5 Å². The van der Waals surface area contributed by atoms with Gasteiger partial charge in [-0.25, -0.2) is 0 Å². The zero-order chi connectivity index (χ0) is 20.1. The van der Waals surface area contributed by atoms with Crippen LogP contribution in [0.5, 0.6) is 5.75 Å². The molecule has 0 N–H and O–H groups in total. The van der Waals surface area contributed by atoms with Crippen molar-refractivity contribution in [1.82, 2.24) is 9.80 Å². The summed E-state index contributed by atoms with van der Waals surface area (Å²) in [5.74, 6) is 0.928. The van der Waals surface area contributed by atoms with Crippen molar-refractivity contribution in [3.8, 4) is 5.75 Å². The molecule has 29 heavy (non-hydrogen) atoms. The van der Waals surface area contributed by atoms with Crippen LogP contribution in [0.25, 0.3) is 0 Å². The molecule has 156 valence electrons. The summed E-state index contributed by atoms with van der Waals surface area (Å²) in [6.07, 6.45) is 4.80. The Hall–Kier alpha value is -1.69. The fourth-order valence-corrected chi connectivity index (χ4v) is 5.12. The molecule has 2 aliphatic heterocycles. The predicted molar refractivity (Wildman–Crippen MR) is 123 cm³/mol. The van der Waals surface area contributed by atoms with Crippen molar-refractivity contribution in [2.24, 2.45) is 0 Å². The molecule has 1 atom stereocenters. The lowest BCUT2D eigenvalue weighted by Gasteiger charge is -2.44. The molecule has 4 rings (SSSR count). The monoisotopic (exact) mass is 411 g/mol. The van der Waals surface area contributed by atoms with E-state index in [0.717, 1.165) is 38.5 Å². The van der Waals surface area contributed by atoms with E-state index >= 15 is 0 Å². The largest absolute Gasteiger partial charge is 0.497 e. The van der Waals surface area contributed by atoms with Gasteiger partial charge < -0.3 is 9.64 Å². The van der Waals surface area contributed by atoms with Crippen molar-refractivity contribution in [1.29, 1.82) is 0 Å². The van der Waals surface area contributed by atoms with Gasteiger partial charge in [0.25, 0.3) is 0 Å². The lowest BCUT2D eigenvalue weighted by molar-refractivity contribution is 0.0887. The molecular formula is C24H33N3OS. The van der Waals surface area contributed by atoms with Crippen molar-refractivity contribution in [3.05, 3.63) is 54.1 Å². The molecule has 2 heterocycles. The third-order valence-electron chi connectivity index (χ3n) is 6.29. The molecule has 2 aromatic carbocycles. The highest BCUT2D eigenvalue weighted by molar-refractivity contribution is 7.98. The Balaban J connectivity index is 1.30. The highest BCUT2D eigenvalue weighted by Gasteiger charge is 2.28. The van der Waals surface area contributed by atoms with Crippen LogP contribution in [0.2, 0.25) is 0 Å². The van der Waals surface area contributed by atoms with Crippen molar-refractivity contribution in [3.63, 3.8) is 0 Å². The summed E-state index contributed by atoms with van der Waals surface area (Å²) in [6.45, 7) is 8.05. The van der Waals surface area contributed by atoms with Gasteiger partial charge in [0.05, 0.1) is 7.11 Å². The molecule has 0 aromatic heterocycles. The quantitative estimate of drug-likeness (QED) is 0.661. The second-order valence-electron chi connectivity index (χ2n) is 8.10. The van der Waals surface area contributed by atoms with Gasteiger partial charge >= 0.3 is 0 Å². The van der Waals surface area contributed by atoms with Crippen LogP contribution in [0, 0.1) is 0 Å². The van der Waals surface area contributed by atoms with E-state index in [4.69, 9.17) is 4.74 Å². The van der Waals surface area contributed by atoms with E-state index in [-0.39, 0.29) is 0 Å². The Morgan fingerprint density at radius 3 is 2.52 bits per heavy atom. The first-order chi connectivity index (χ1) is 14.2. The molecular weight excluding hydrogens is 378 g/mol. The van der Waals surface area contributed by atoms with E-state index in [9.17, 15) is 0 Å². The van der Waals surface area contributed by atoms with E-state index in [2.05, 4.69) is 69.5 Å². The van der Waals surface area contributed by atoms with Crippen LogP contribution in [0.3, 0.4) is 0 Å². The number of rotatable bonds is 6. The van der Waals surface area contributed by atoms with Gasteiger partial charge in [-0.15, -0.1) is 11.8 Å². The standard InChI is InChI=1S/C24H33N3OS/c1-28-23-10-8-21(9-11-23)26-13-15-27(16-14-26)22-6-4-12-25(19-22)18-20-5-3-7-24(17-20)29-2/h3,5,7-11,17,22H,4,6,12-16,18-19H2,1-2H3/t22-/m1/s1. The average Bonchev–Trinajstić information content (AvgIpc) is 2.79. The second-order valence-corrected chi connectivity index (χ2v) is 8.98. The summed E-state index contributed by atoms with van der Waals surface area (Å²) in [6, 6.07) is 18.2. The smallest absolute Gasteiger partial charge is 0.119 e. The van der Waals surface area contributed by atoms with Crippen molar-refractivity contribution < 1.29 is 4.74 Å². The first-order valence-corrected chi connectivity index (χ1v) is 12.0. The number of thioether (sulfide) groups is 1. The summed E-state index contributed by atoms with van der Waals surface area (Å²) in [4.78, 5) is 9.25. The van der Waals surface area contributed by atoms with Gasteiger partial charge in [-0.1, -0.05) is 12.1 Å². The molecule has 5 heteroatoms. The number of piperazine rings is 1. The molecule has 0 radical (unpaired) electrons. The fourth-order valence-electron chi connectivity index (χ4n) is 4.64. The predicted octanol–water partition coefficient (Wildman–Crippen LogP) is 4.20. The molecule has 0 spiro atoms. The van der Waals surface area contributed by atoms with E-state index in [0.29, 0.717) is 6.04 Å². The Morgan fingerprint density at radius 1 is 1.00 bits per heavy atom. The fraction of sp³-hybridized carbons (Fsp3) is 0.500. The molecule has 0 unspecified atom stereocenters. The highest BCUT2D eigenvalue weighted by Crippen LogP contribution is 2.24. The number of anilines is 1. The maximum absolute atomic E-state index is 5.29. The van der Waals surface area contributed by atoms with E-state index in [1.54, 1.807) is 7.11 Å². The minimum absolute atomic E-state index is 0.700. The molecule has 0 amide bonds. The number of ether oxygens (including phenoxy) is 1. The molecule has 2 saturated heterocycles. The number of hydrogen-bond acceptors (Lipinski definition) is 5. The number of methoxy groups -OCH3 is 1. The van der Waals surface area contributed by atoms with Gasteiger partial charge in [0, 0.05) is 55.9 Å². The first-order valence-electron chi connectivity index (χ1n) is 10.7. The Labute approximate surface area is 179 Å². The number of piperidine rings is 1. The van der Waals surface area contributed by atoms with Crippen LogP contribution in [-0.2, 0) is 6.54 Å². The van der Waals surface area contributed by atoms with Crippen molar-refractivity contribution >= 4 is 17.4 Å². The van der Waals surface area contributed by atoms with E-state index in [1.807, 2.05) is 11.8 Å². The maximum atomic E-state index is 5.29. The minimum Gasteiger partial charge on any atom is -0.497 e. The van der Waals surface area contributed by atoms with Gasteiger partial charge in [0.15, 0.2) is 0 Å². The van der Waals surface area contributed by atoms with Crippen LogP contribution in [0.15, 0.2) is 53.4 Å². The zero-order valence-corrected chi connectivity index (χ0v) is 18.5. The Kier molecular flexibility index (Phi) is 7.01. The van der Waals surface area contributed by atoms with Crippen LogP contribution < -0.4 is 9.64 Å². The Morgan fingerprint density at radius 2 is 1.79 bits per heavy atom. The van der Waals surface area contributed by atoms with Crippen LogP contribution >= 0.6 is 11.8 Å². The molecule has 0 saturated carbocycles. The van der Waals surface area contributed by atoms with Gasteiger partial charge in [-0.05, 0) is 67.6 Å². The number of likely N-dealkylation sites (tertiary alicyclic amines) is 1. The summed E-state index contributed by atoms with van der Waals surface area (Å²) in [7, 11) is 1.72. The van der Waals surface area contributed by atoms with Gasteiger partial charge in [-0.3, -0.25) is 9.80 Å². The Bertz CT molecular complexity index is 774. The number of nitrogens with zero attached hydrogens (tertiary/aromatic N) is 3. The lowest BCUT2D eigenvalue weighted by Crippen LogP contribution is -2.55. The molecule has 2 aromatic rings. The molecule has 0 bridgehead atoms. The number of benzene rings is 2. The molecule has 4 nitrogen and oxygen atoms in total. The van der Waals surface area contributed by atoms with Crippen LogP contribution in [0.1, 0.15) is 18.4 Å². The topological polar surface area (TPSA) is 19.0 Å². The van der Waals surface area contributed by atoms with E-state index in [1.165, 1.54) is 42.1 Å². The average molecular weight is 412 g/mol. The summed E-state index contributed by atoms with van der Waals surface area (Å²) in [5, 5.41) is 0. The normalized spacial score (nSPS) is 21.3. The summed E-state index contributed by atoms with van der Waals surface area (Å²) < 4.78 is 5.29. The first kappa shape index (κ1) is 20.6. The summed E-state index contributed by atoms with van der Waals surface area (Å²) >= 11 is 1.83. The van der Waals surface area contributed by atoms with Gasteiger partial charge in [-0.2, -0.15) is 0 Å². The van der Waals surface area contributed by atoms with Crippen LogP contribution in [0.4, 0.5) is 5.69 Å². The second kappa shape index (κ2) is 9.88. The molecule has 0 aliphatic carbocycles. The summed E-state index contributed by atoms with van der Waals surface area (Å²) in [5.41, 5.74) is 2.76. The van der Waals surface area contributed by atoms with Gasteiger partial charge in [0.1, 0.15) is 5.75 Å². The SMILES string of the molecule is COc1ccc(N2CCN([C@@H]3CCCN(Cc4cccc(SC)c4)C3)CC2)cc1. The minimum atomic E-state index is 0.700. The van der Waals surface area contributed by atoms with Gasteiger partial charge in [0.2, 0.25) is 0 Å². The third-order valence-corrected chi connectivity index (χ3v) is 7.01. The van der Waals surface area contributed by atoms with E-state index < -0.39 is 0 Å². The zero-order valence-electron chi connectivity index (χ0n) is 17.7. The number of hydrogen-bond donors (Lipinski definition) is 0. The molecule has 2 fully saturated rings. The van der Waals surface area contributed by atoms with Crippen molar-refractivity contribution in [2.75, 3.05) is 57.5 Å².